The number of nitrogen functional groups attached to an aromatic ring is 1. The van der Waals surface area contributed by atoms with Gasteiger partial charge in [0.15, 0.2) is 5.57 Å². The Morgan fingerprint density at radius 1 is 0.465 bits per heavy atom. The zero-order chi connectivity index (χ0) is 80.4. The molecule has 0 amide bonds. The van der Waals surface area contributed by atoms with Gasteiger partial charge in [0.2, 0.25) is 6.29 Å². The number of rotatable bonds is 8. The third kappa shape index (κ3) is 17.1. The van der Waals surface area contributed by atoms with Gasteiger partial charge in [0.1, 0.15) is 40.6 Å². The number of benzene rings is 14. The lowest BCUT2D eigenvalue weighted by Gasteiger charge is -2.12. The lowest BCUT2D eigenvalue weighted by atomic mass is 9.96. The van der Waals surface area contributed by atoms with Crippen LogP contribution in [0.2, 0.25) is 20.1 Å². The molecule has 0 aliphatic heterocycles. The molecule has 0 saturated carbocycles. The highest BCUT2D eigenvalue weighted by atomic mass is 35.5. The molecule has 0 saturated heterocycles. The Morgan fingerprint density at radius 2 is 0.895 bits per heavy atom. The van der Waals surface area contributed by atoms with Crippen LogP contribution in [0.3, 0.4) is 0 Å². The van der Waals surface area contributed by atoms with E-state index in [2.05, 4.69) is 46.4 Å². The van der Waals surface area contributed by atoms with E-state index in [9.17, 15) is 42.5 Å². The molecule has 0 bridgehead atoms. The minimum absolute atomic E-state index is 0.0262. The standard InChI is InChI=1S/2C25H16ClFN2O.C17H11ClN2.C11H7O.C8H6ClFO.C6H5ClN2O2/c1-15-6-4-11-20(27)23(15)25(30)29-22-13-12-17(26)14-21(22)28-24(29)19-10-5-8-16-7-2-3-9-18(16)19;1-15-6-4-11-20(27)23(15)25(30)29-22-14-17(26)12-13-21(22)28-24(29)19-10-5-8-16-7-2-3-9-18(16)19;18-12-8-9-15-16(10-12)20-17(19-15)14-7-3-5-11-4-1-2-6-13(11)14;12-8-10-6-3-5-9-4-1-2-7-11(9)10;1-5-3-2-4-6(10)7(5)8(9)11;7-4-1-2-5(8)6(3-4)9(10)11/h2*2-14H,1H3;1-10H,(H,19,20);1-5,7-8H;2-4H,1H3;1-3H,8H2/q;;;+1;;. The largest absolute Gasteiger partial charge is 0.393 e. The van der Waals surface area contributed by atoms with Crippen LogP contribution in [-0.4, -0.2) is 57.3 Å². The quantitative estimate of drug-likeness (QED) is 0.0368. The Hall–Kier alpha value is -13.2. The van der Waals surface area contributed by atoms with Crippen LogP contribution in [0.15, 0.2) is 285 Å². The van der Waals surface area contributed by atoms with Crippen LogP contribution in [-0.2, 0) is 4.79 Å². The number of hydrogen-bond donors (Lipinski definition) is 2. The molecule has 0 spiro atoms. The van der Waals surface area contributed by atoms with Gasteiger partial charge in [0, 0.05) is 55.0 Å². The molecule has 1 aliphatic rings. The van der Waals surface area contributed by atoms with Gasteiger partial charge in [0.05, 0.1) is 71.9 Å². The number of nitrogens with two attached hydrogens (primary N) is 1. The van der Waals surface area contributed by atoms with Crippen molar-refractivity contribution < 1.29 is 37.3 Å². The zero-order valence-electron chi connectivity index (χ0n) is 60.5. The molecule has 560 valence electrons. The molecule has 3 heterocycles. The monoisotopic (exact) mass is 1610 g/mol. The molecule has 3 aromatic heterocycles. The van der Waals surface area contributed by atoms with Crippen molar-refractivity contribution in [1.29, 1.82) is 0 Å². The van der Waals surface area contributed by atoms with Gasteiger partial charge in [-0.1, -0.05) is 222 Å². The van der Waals surface area contributed by atoms with Gasteiger partial charge in [-0.05, 0) is 178 Å². The van der Waals surface area contributed by atoms with Crippen molar-refractivity contribution in [3.05, 3.63) is 383 Å². The highest BCUT2D eigenvalue weighted by Gasteiger charge is 2.27. The number of halogens is 8. The molecule has 0 fully saturated rings. The third-order valence-electron chi connectivity index (χ3n) is 18.5. The van der Waals surface area contributed by atoms with Crippen molar-refractivity contribution in [2.45, 2.75) is 20.8 Å². The number of aldehydes is 1. The number of nitrogens with zero attached hydrogens (tertiary/aromatic N) is 6. The van der Waals surface area contributed by atoms with Crippen LogP contribution in [0.5, 0.6) is 0 Å². The van der Waals surface area contributed by atoms with E-state index in [0.717, 1.165) is 72.5 Å². The number of nitrogens with one attached hydrogen (secondary N) is 1. The topological polar surface area (TPSA) is 202 Å². The number of nitro benzene ring substituents is 1. The van der Waals surface area contributed by atoms with Crippen molar-refractivity contribution in [3.8, 4) is 34.2 Å². The number of aryl methyl sites for hydroxylation is 3. The fourth-order valence-electron chi connectivity index (χ4n) is 13.1. The molecule has 18 rings (SSSR count). The molecule has 0 radical (unpaired) electrons. The van der Waals surface area contributed by atoms with Gasteiger partial charge in [-0.15, -0.1) is 0 Å². The summed E-state index contributed by atoms with van der Waals surface area (Å²) in [6.45, 7) is 5.09. The second-order valence-electron chi connectivity index (χ2n) is 25.9. The maximum absolute atomic E-state index is 14.7. The van der Waals surface area contributed by atoms with Crippen LogP contribution >= 0.6 is 58.0 Å². The molecule has 14 nitrogen and oxygen atoms in total. The van der Waals surface area contributed by atoms with E-state index in [1.54, 1.807) is 93.6 Å². The summed E-state index contributed by atoms with van der Waals surface area (Å²) in [5.74, 6) is -0.832. The highest BCUT2D eigenvalue weighted by molar-refractivity contribution is 6.68. The number of aromatic nitrogens is 6. The van der Waals surface area contributed by atoms with Crippen molar-refractivity contribution >= 4 is 170 Å². The average Bonchev–Trinajstić information content (AvgIpc) is 1.59. The van der Waals surface area contributed by atoms with Crippen molar-refractivity contribution in [1.82, 2.24) is 29.1 Å². The summed E-state index contributed by atoms with van der Waals surface area (Å²) in [6.07, 6.45) is 7.45. The predicted octanol–water partition coefficient (Wildman–Crippen LogP) is 24.8. The van der Waals surface area contributed by atoms with E-state index in [0.29, 0.717) is 76.1 Å². The number of hydrogen-bond acceptors (Lipinski definition) is 10. The summed E-state index contributed by atoms with van der Waals surface area (Å²) in [5, 5.41) is 17.9. The number of nitro groups is 1. The summed E-state index contributed by atoms with van der Waals surface area (Å²) in [7, 11) is 0. The second kappa shape index (κ2) is 35.0. The zero-order valence-corrected chi connectivity index (χ0v) is 64.3. The molecule has 17 aromatic rings. The average molecular weight is 1610 g/mol. The smallest absolute Gasteiger partial charge is 0.293 e. The van der Waals surface area contributed by atoms with Crippen molar-refractivity contribution in [2.75, 3.05) is 5.73 Å². The first-order chi connectivity index (χ1) is 55.0. The van der Waals surface area contributed by atoms with Gasteiger partial charge in [-0.2, -0.15) is 0 Å². The van der Waals surface area contributed by atoms with Crippen LogP contribution in [0, 0.1) is 54.4 Å². The van der Waals surface area contributed by atoms with E-state index in [1.165, 1.54) is 62.4 Å². The SMILES string of the molecule is Cc1cccc(F)c1C(=O)Cl.Cc1cccc(F)c1C(=O)n1c(-c2cccc3ccccc23)nc2cc(Cl)ccc21.Cc1cccc(F)c1C(=O)n1c(-c2cccc3ccccc23)nc2ccc(Cl)cc21.Clc1ccc2nc(-c3cccc4ccccc34)[nH]c2c1.Nc1ccc(Cl)cc1[N+](=O)[O-].O=CC1=[C+]C=Cc2ccccc21. The number of allylic oxidation sites excluding steroid dienone is 3. The molecule has 22 heteroatoms. The molecule has 114 heavy (non-hydrogen) atoms. The van der Waals surface area contributed by atoms with Gasteiger partial charge in [0.25, 0.3) is 22.7 Å². The molecular weight excluding hydrogens is 1550 g/mol. The van der Waals surface area contributed by atoms with Crippen LogP contribution < -0.4 is 5.73 Å². The fraction of sp³-hybridized carbons (Fsp3) is 0.0326. The van der Waals surface area contributed by atoms with E-state index in [1.807, 2.05) is 146 Å². The van der Waals surface area contributed by atoms with Crippen LogP contribution in [0.1, 0.15) is 58.9 Å². The lowest BCUT2D eigenvalue weighted by Crippen LogP contribution is -2.16. The summed E-state index contributed by atoms with van der Waals surface area (Å²) >= 11 is 29.1. The van der Waals surface area contributed by atoms with Gasteiger partial charge >= 0.3 is 0 Å². The lowest BCUT2D eigenvalue weighted by molar-refractivity contribution is -0.383. The maximum atomic E-state index is 14.7. The summed E-state index contributed by atoms with van der Waals surface area (Å²) in [4.78, 5) is 75.6. The van der Waals surface area contributed by atoms with E-state index in [4.69, 9.17) is 73.7 Å². The Morgan fingerprint density at radius 3 is 1.42 bits per heavy atom. The number of fused-ring (bicyclic) bond motifs is 7. The number of aromatic amines is 1. The normalized spacial score (nSPS) is 11.1. The predicted molar refractivity (Wildman–Crippen MR) is 453 cm³/mol. The fourth-order valence-corrected chi connectivity index (χ4v) is 14.0. The first-order valence-electron chi connectivity index (χ1n) is 35.1. The van der Waals surface area contributed by atoms with Gasteiger partial charge < -0.3 is 10.7 Å². The van der Waals surface area contributed by atoms with E-state index < -0.39 is 39.4 Å². The number of anilines is 1. The number of carbonyl (C=O) groups is 4. The maximum Gasteiger partial charge on any atom is 0.293 e. The molecule has 14 aromatic carbocycles. The summed E-state index contributed by atoms with van der Waals surface area (Å²) < 4.78 is 45.1. The third-order valence-corrected chi connectivity index (χ3v) is 19.7. The summed E-state index contributed by atoms with van der Waals surface area (Å²) in [6, 6.07) is 83.6. The van der Waals surface area contributed by atoms with Crippen molar-refractivity contribution in [2.24, 2.45) is 0 Å². The van der Waals surface area contributed by atoms with Crippen LogP contribution in [0.4, 0.5) is 24.5 Å². The van der Waals surface area contributed by atoms with E-state index in [-0.39, 0.29) is 28.1 Å². The van der Waals surface area contributed by atoms with Crippen molar-refractivity contribution in [3.63, 3.8) is 0 Å². The molecule has 3 N–H and O–H groups in total. The van der Waals surface area contributed by atoms with E-state index >= 15 is 0 Å². The van der Waals surface area contributed by atoms with Gasteiger partial charge in [-0.25, -0.2) is 32.9 Å². The molecule has 0 unspecified atom stereocenters. The Kier molecular flexibility index (Phi) is 24.2. The Bertz CT molecular complexity index is 6560. The second-order valence-corrected chi connectivity index (χ2v) is 28.0. The molecular formula is C92H61Cl5F3N8O6+. The van der Waals surface area contributed by atoms with Crippen LogP contribution in [0.25, 0.3) is 111 Å². The minimum atomic E-state index is -0.749. The molecule has 1 aliphatic carbocycles. The first-order valence-corrected chi connectivity index (χ1v) is 37.0. The first kappa shape index (κ1) is 78.9. The highest BCUT2D eigenvalue weighted by Crippen LogP contribution is 2.37. The Labute approximate surface area is 675 Å². The summed E-state index contributed by atoms with van der Waals surface area (Å²) in [5.41, 5.74) is 16.6. The van der Waals surface area contributed by atoms with Gasteiger partial charge in [-0.3, -0.25) is 33.6 Å². The molecule has 0 atom stereocenters. The number of carbonyl (C=O) groups excluding carboxylic acids is 4. The number of imidazole rings is 3. The minimum Gasteiger partial charge on any atom is -0.393 e. The Balaban J connectivity index is 0.000000126. The number of H-pyrrole nitrogens is 1.